The zero-order chi connectivity index (χ0) is 37.6. The first kappa shape index (κ1) is 35.4. The number of nitrogens with zero attached hydrogens (tertiary/aromatic N) is 3. The maximum Gasteiger partial charge on any atom is 0.344 e. The molecule has 0 saturated carbocycles. The number of hydrogen-bond donors (Lipinski definition) is 0. The molecule has 15 heteroatoms. The summed E-state index contributed by atoms with van der Waals surface area (Å²) in [6, 6.07) is 18.6. The minimum absolute atomic E-state index is 0.163. The molecule has 0 N–H and O–H groups in total. The second kappa shape index (κ2) is 13.4. The van der Waals surface area contributed by atoms with Crippen molar-refractivity contribution in [3.8, 4) is 45.6 Å². The van der Waals surface area contributed by atoms with Crippen LogP contribution in [-0.2, 0) is 14.8 Å². The van der Waals surface area contributed by atoms with E-state index in [0.717, 1.165) is 67.8 Å². The van der Waals surface area contributed by atoms with E-state index in [-0.39, 0.29) is 38.7 Å². The molecule has 0 amide bonds. The van der Waals surface area contributed by atoms with Crippen molar-refractivity contribution in [2.45, 2.75) is 11.3 Å². The van der Waals surface area contributed by atoms with Crippen molar-refractivity contribution in [3.05, 3.63) is 136 Å². The summed E-state index contributed by atoms with van der Waals surface area (Å²) >= 11 is 0. The van der Waals surface area contributed by atoms with Crippen LogP contribution in [0.3, 0.4) is 0 Å². The van der Waals surface area contributed by atoms with E-state index in [1.54, 1.807) is 0 Å². The van der Waals surface area contributed by atoms with Crippen molar-refractivity contribution in [1.82, 2.24) is 3.97 Å². The lowest BCUT2D eigenvalue weighted by Crippen LogP contribution is -2.15. The van der Waals surface area contributed by atoms with Gasteiger partial charge >= 0.3 is 5.97 Å². The monoisotopic (exact) mass is 733 g/mol. The summed E-state index contributed by atoms with van der Waals surface area (Å²) in [5, 5.41) is 20.0. The standard InChI is InChI=1S/C37H18F7N3O4S/c1-51-37(48)30-33(41)31(39)28(32(40)34(30)42)19-4-2-5-20(14-19)35-29(27-21(16-45)6-3-7-22(27)17-46)25-15-23(38)10-13-26(25)47(35)52(49,50)24-11-8-18(9-12-24)36(43)44/h2-15,36H,1H3. The Hall–Kier alpha value is -6.45. The Kier molecular flexibility index (Phi) is 9.08. The van der Waals surface area contributed by atoms with Gasteiger partial charge in [-0.2, -0.15) is 10.5 Å². The van der Waals surface area contributed by atoms with Crippen LogP contribution < -0.4 is 0 Å². The average molecular weight is 734 g/mol. The Balaban J connectivity index is 1.78. The highest BCUT2D eigenvalue weighted by molar-refractivity contribution is 7.90. The third-order valence-electron chi connectivity index (χ3n) is 8.19. The molecule has 260 valence electrons. The maximum atomic E-state index is 15.5. The molecular weight excluding hydrogens is 715 g/mol. The van der Waals surface area contributed by atoms with Crippen molar-refractivity contribution in [2.24, 2.45) is 0 Å². The first-order valence-corrected chi connectivity index (χ1v) is 16.2. The number of hydrogen-bond acceptors (Lipinski definition) is 6. The van der Waals surface area contributed by atoms with Gasteiger partial charge in [-0.05, 0) is 54.1 Å². The molecule has 0 aliphatic heterocycles. The van der Waals surface area contributed by atoms with Crippen molar-refractivity contribution >= 4 is 26.9 Å². The molecule has 52 heavy (non-hydrogen) atoms. The van der Waals surface area contributed by atoms with Gasteiger partial charge in [0.25, 0.3) is 16.4 Å². The van der Waals surface area contributed by atoms with Crippen molar-refractivity contribution in [2.75, 3.05) is 7.11 Å². The van der Waals surface area contributed by atoms with Gasteiger partial charge in [0.1, 0.15) is 11.4 Å². The van der Waals surface area contributed by atoms with Crippen LogP contribution in [0.1, 0.15) is 33.5 Å². The van der Waals surface area contributed by atoms with Gasteiger partial charge in [-0.15, -0.1) is 0 Å². The largest absolute Gasteiger partial charge is 0.465 e. The highest BCUT2D eigenvalue weighted by Crippen LogP contribution is 2.46. The summed E-state index contributed by atoms with van der Waals surface area (Å²) in [6.45, 7) is 0. The van der Waals surface area contributed by atoms with Gasteiger partial charge in [-0.3, -0.25) is 0 Å². The van der Waals surface area contributed by atoms with E-state index < -0.39 is 84.3 Å². The van der Waals surface area contributed by atoms with Gasteiger partial charge in [-0.25, -0.2) is 47.9 Å². The van der Waals surface area contributed by atoms with E-state index in [4.69, 9.17) is 0 Å². The number of alkyl halides is 2. The fourth-order valence-corrected chi connectivity index (χ4v) is 7.43. The number of nitriles is 2. The number of esters is 1. The van der Waals surface area contributed by atoms with Gasteiger partial charge in [-0.1, -0.05) is 36.4 Å². The fourth-order valence-electron chi connectivity index (χ4n) is 5.89. The molecule has 0 aliphatic carbocycles. The Morgan fingerprint density at radius 2 is 1.31 bits per heavy atom. The lowest BCUT2D eigenvalue weighted by Gasteiger charge is -2.16. The summed E-state index contributed by atoms with van der Waals surface area (Å²) in [6.07, 6.45) is -2.94. The maximum absolute atomic E-state index is 15.5. The van der Waals surface area contributed by atoms with Gasteiger partial charge in [0.05, 0.1) is 52.0 Å². The smallest absolute Gasteiger partial charge is 0.344 e. The summed E-state index contributed by atoms with van der Waals surface area (Å²) in [7, 11) is -4.15. The third kappa shape index (κ3) is 5.61. The third-order valence-corrected chi connectivity index (χ3v) is 9.92. The highest BCUT2D eigenvalue weighted by atomic mass is 32.2. The second-order valence-electron chi connectivity index (χ2n) is 11.1. The molecule has 7 nitrogen and oxygen atoms in total. The van der Waals surface area contributed by atoms with Crippen molar-refractivity contribution in [1.29, 1.82) is 10.5 Å². The molecule has 0 fully saturated rings. The number of aromatic nitrogens is 1. The number of ether oxygens (including phenoxy) is 1. The molecule has 0 radical (unpaired) electrons. The minimum atomic E-state index is -4.89. The summed E-state index contributed by atoms with van der Waals surface area (Å²) in [4.78, 5) is 11.4. The fraction of sp³-hybridized carbons (Fsp3) is 0.0541. The molecule has 0 unspecified atom stereocenters. The van der Waals surface area contributed by atoms with Crippen LogP contribution in [0.15, 0.2) is 89.8 Å². The number of rotatable bonds is 7. The quantitative estimate of drug-likeness (QED) is 0.0920. The molecule has 0 spiro atoms. The van der Waals surface area contributed by atoms with Crippen LogP contribution in [0.4, 0.5) is 30.7 Å². The molecule has 6 aromatic rings. The molecule has 5 aromatic carbocycles. The molecular formula is C37H18F7N3O4S. The first-order valence-electron chi connectivity index (χ1n) is 14.7. The van der Waals surface area contributed by atoms with Crippen LogP contribution in [-0.4, -0.2) is 25.5 Å². The van der Waals surface area contributed by atoms with Crippen LogP contribution in [0.25, 0.3) is 44.4 Å². The number of carbonyl (C=O) groups is 1. The number of benzene rings is 5. The summed E-state index contributed by atoms with van der Waals surface area (Å²) < 4.78 is 137. The number of fused-ring (bicyclic) bond motifs is 1. The van der Waals surface area contributed by atoms with Crippen LogP contribution >= 0.6 is 0 Å². The highest BCUT2D eigenvalue weighted by Gasteiger charge is 2.33. The van der Waals surface area contributed by atoms with Gasteiger partial charge in [0.2, 0.25) is 0 Å². The van der Waals surface area contributed by atoms with E-state index >= 15 is 17.6 Å². The predicted molar refractivity (Wildman–Crippen MR) is 173 cm³/mol. The first-order chi connectivity index (χ1) is 24.8. The van der Waals surface area contributed by atoms with E-state index in [2.05, 4.69) is 4.74 Å². The molecule has 6 rings (SSSR count). The number of methoxy groups -OCH3 is 1. The molecule has 0 aliphatic rings. The molecule has 1 heterocycles. The second-order valence-corrected chi connectivity index (χ2v) is 12.8. The number of halogens is 7. The van der Waals surface area contributed by atoms with Crippen molar-refractivity contribution < 1.29 is 48.7 Å². The summed E-state index contributed by atoms with van der Waals surface area (Å²) in [5.74, 6) is -10.7. The molecule has 1 aromatic heterocycles. The van der Waals surface area contributed by atoms with Crippen LogP contribution in [0.5, 0.6) is 0 Å². The predicted octanol–water partition coefficient (Wildman–Crippen LogP) is 9.04. The molecule has 0 atom stereocenters. The average Bonchev–Trinajstić information content (AvgIpc) is 3.48. The van der Waals surface area contributed by atoms with Gasteiger partial charge in [0, 0.05) is 27.6 Å². The van der Waals surface area contributed by atoms with Crippen molar-refractivity contribution in [3.63, 3.8) is 0 Å². The zero-order valence-electron chi connectivity index (χ0n) is 26.2. The van der Waals surface area contributed by atoms with Crippen LogP contribution in [0, 0.1) is 51.7 Å². The van der Waals surface area contributed by atoms with Gasteiger partial charge in [0.15, 0.2) is 23.3 Å². The van der Waals surface area contributed by atoms with E-state index in [0.29, 0.717) is 3.97 Å². The Labute approximate surface area is 290 Å². The topological polar surface area (TPSA) is 113 Å². The lowest BCUT2D eigenvalue weighted by molar-refractivity contribution is 0.0587. The van der Waals surface area contributed by atoms with Crippen LogP contribution in [0.2, 0.25) is 0 Å². The van der Waals surface area contributed by atoms with E-state index in [1.807, 2.05) is 12.1 Å². The SMILES string of the molecule is COC(=O)c1c(F)c(F)c(-c2cccc(-c3c(-c4c(C#N)cccc4C#N)c4cc(F)ccc4n3S(=O)(=O)c3ccc(C(F)F)cc3)c2)c(F)c1F. The minimum Gasteiger partial charge on any atom is -0.465 e. The van der Waals surface area contributed by atoms with E-state index in [9.17, 15) is 36.9 Å². The molecule has 0 saturated heterocycles. The zero-order valence-corrected chi connectivity index (χ0v) is 27.0. The van der Waals surface area contributed by atoms with E-state index in [1.165, 1.54) is 24.3 Å². The lowest BCUT2D eigenvalue weighted by atomic mass is 9.90. The summed E-state index contributed by atoms with van der Waals surface area (Å²) in [5.41, 5.74) is -5.60. The Bertz CT molecular complexity index is 2600. The Morgan fingerprint density at radius 1 is 0.731 bits per heavy atom. The normalized spacial score (nSPS) is 11.4. The van der Waals surface area contributed by atoms with Gasteiger partial charge < -0.3 is 4.74 Å². The number of carbonyl (C=O) groups excluding carboxylic acids is 1. The molecule has 0 bridgehead atoms. The Morgan fingerprint density at radius 3 is 1.87 bits per heavy atom.